The molecule has 1 fully saturated rings. The summed E-state index contributed by atoms with van der Waals surface area (Å²) in [4.78, 5) is 34.2. The first-order chi connectivity index (χ1) is 14.5. The van der Waals surface area contributed by atoms with Crippen molar-refractivity contribution >= 4 is 29.0 Å². The van der Waals surface area contributed by atoms with Crippen molar-refractivity contribution in [3.63, 3.8) is 0 Å². The Bertz CT molecular complexity index is 901. The fourth-order valence-electron chi connectivity index (χ4n) is 4.25. The SMILES string of the molecule is CN1C[C@@H](NC(=O)c2ccc3c(n2)N(C)CC3)CC[C@@H](C(=O)NCc2ccsc2)C1. The van der Waals surface area contributed by atoms with Gasteiger partial charge in [0, 0.05) is 39.3 Å². The number of rotatable bonds is 5. The summed E-state index contributed by atoms with van der Waals surface area (Å²) in [7, 11) is 4.01. The molecule has 2 aliphatic heterocycles. The Kier molecular flexibility index (Phi) is 6.34. The Labute approximate surface area is 181 Å². The number of likely N-dealkylation sites (tertiary alicyclic amines) is 1. The van der Waals surface area contributed by atoms with Crippen LogP contribution >= 0.6 is 11.3 Å². The van der Waals surface area contributed by atoms with Crippen molar-refractivity contribution in [1.82, 2.24) is 20.5 Å². The zero-order valence-corrected chi connectivity index (χ0v) is 18.4. The Morgan fingerprint density at radius 1 is 1.20 bits per heavy atom. The molecule has 2 amide bonds. The molecular formula is C22H29N5O2S. The molecule has 0 aliphatic carbocycles. The molecule has 0 saturated carbocycles. The molecule has 0 radical (unpaired) electrons. The van der Waals surface area contributed by atoms with Crippen LogP contribution in [0.5, 0.6) is 0 Å². The van der Waals surface area contributed by atoms with Crippen LogP contribution in [0.15, 0.2) is 29.0 Å². The third-order valence-corrected chi connectivity index (χ3v) is 6.68. The lowest BCUT2D eigenvalue weighted by Gasteiger charge is -2.22. The summed E-state index contributed by atoms with van der Waals surface area (Å²) in [5.74, 6) is 0.783. The van der Waals surface area contributed by atoms with Crippen LogP contribution in [-0.4, -0.2) is 61.5 Å². The molecule has 2 N–H and O–H groups in total. The predicted molar refractivity (Wildman–Crippen MR) is 119 cm³/mol. The monoisotopic (exact) mass is 427 g/mol. The van der Waals surface area contributed by atoms with E-state index >= 15 is 0 Å². The first-order valence-corrected chi connectivity index (χ1v) is 11.4. The molecule has 0 bridgehead atoms. The summed E-state index contributed by atoms with van der Waals surface area (Å²) in [5, 5.41) is 10.3. The van der Waals surface area contributed by atoms with E-state index in [2.05, 4.69) is 30.8 Å². The second kappa shape index (κ2) is 9.14. The van der Waals surface area contributed by atoms with Crippen molar-refractivity contribution in [3.8, 4) is 0 Å². The van der Waals surface area contributed by atoms with Gasteiger partial charge in [-0.1, -0.05) is 6.07 Å². The first-order valence-electron chi connectivity index (χ1n) is 10.5. The Balaban J connectivity index is 1.33. The maximum atomic E-state index is 12.8. The fourth-order valence-corrected chi connectivity index (χ4v) is 4.92. The van der Waals surface area contributed by atoms with Crippen LogP contribution in [-0.2, 0) is 17.8 Å². The number of hydrogen-bond acceptors (Lipinski definition) is 6. The molecule has 2 aliphatic rings. The second-order valence-corrected chi connectivity index (χ2v) is 9.15. The van der Waals surface area contributed by atoms with Crippen molar-refractivity contribution < 1.29 is 9.59 Å². The van der Waals surface area contributed by atoms with E-state index in [4.69, 9.17) is 0 Å². The molecule has 4 heterocycles. The van der Waals surface area contributed by atoms with E-state index in [1.165, 1.54) is 5.56 Å². The van der Waals surface area contributed by atoms with Crippen molar-refractivity contribution in [2.24, 2.45) is 5.92 Å². The molecule has 160 valence electrons. The molecule has 30 heavy (non-hydrogen) atoms. The quantitative estimate of drug-likeness (QED) is 0.762. The van der Waals surface area contributed by atoms with Crippen LogP contribution in [0.2, 0.25) is 0 Å². The van der Waals surface area contributed by atoms with Crippen LogP contribution in [0, 0.1) is 5.92 Å². The molecule has 4 rings (SSSR count). The predicted octanol–water partition coefficient (Wildman–Crippen LogP) is 1.89. The van der Waals surface area contributed by atoms with Gasteiger partial charge in [0.1, 0.15) is 11.5 Å². The number of amides is 2. The number of carbonyl (C=O) groups is 2. The molecule has 7 nitrogen and oxygen atoms in total. The topological polar surface area (TPSA) is 77.6 Å². The minimum absolute atomic E-state index is 0.00459. The number of anilines is 1. The molecular weight excluding hydrogens is 398 g/mol. The number of aromatic nitrogens is 1. The Morgan fingerprint density at radius 3 is 2.87 bits per heavy atom. The number of nitrogens with one attached hydrogen (secondary N) is 2. The van der Waals surface area contributed by atoms with Gasteiger partial charge in [0.2, 0.25) is 5.91 Å². The van der Waals surface area contributed by atoms with E-state index in [1.54, 1.807) is 11.3 Å². The molecule has 2 aromatic rings. The van der Waals surface area contributed by atoms with Gasteiger partial charge < -0.3 is 20.4 Å². The van der Waals surface area contributed by atoms with Crippen LogP contribution in [0.3, 0.4) is 0 Å². The lowest BCUT2D eigenvalue weighted by Crippen LogP contribution is -2.42. The van der Waals surface area contributed by atoms with Gasteiger partial charge in [-0.3, -0.25) is 9.59 Å². The maximum absolute atomic E-state index is 12.8. The highest BCUT2D eigenvalue weighted by Crippen LogP contribution is 2.24. The summed E-state index contributed by atoms with van der Waals surface area (Å²) < 4.78 is 0. The standard InChI is InChI=1S/C22H29N5O2S/c1-26-12-17(21(28)23-11-15-8-10-30-14-15)3-5-18(13-26)24-22(29)19-6-4-16-7-9-27(2)20(16)25-19/h4,6,8,10,14,17-18H,3,5,7,9,11-13H2,1-2H3,(H,23,28)(H,24,29)/t17-,18+/m1/s1. The van der Waals surface area contributed by atoms with Crippen molar-refractivity contribution in [1.29, 1.82) is 0 Å². The van der Waals surface area contributed by atoms with Gasteiger partial charge in [-0.2, -0.15) is 11.3 Å². The Hall–Kier alpha value is -2.45. The highest BCUT2D eigenvalue weighted by molar-refractivity contribution is 7.07. The van der Waals surface area contributed by atoms with Gasteiger partial charge >= 0.3 is 0 Å². The van der Waals surface area contributed by atoms with Crippen LogP contribution in [0.25, 0.3) is 0 Å². The molecule has 1 saturated heterocycles. The van der Waals surface area contributed by atoms with Crippen molar-refractivity contribution in [3.05, 3.63) is 45.8 Å². The smallest absolute Gasteiger partial charge is 0.270 e. The van der Waals surface area contributed by atoms with Crippen LogP contribution in [0.1, 0.15) is 34.5 Å². The summed E-state index contributed by atoms with van der Waals surface area (Å²) in [6.45, 7) is 2.94. The van der Waals surface area contributed by atoms with Gasteiger partial charge in [0.25, 0.3) is 5.91 Å². The second-order valence-electron chi connectivity index (χ2n) is 8.37. The van der Waals surface area contributed by atoms with Crippen LogP contribution in [0.4, 0.5) is 5.82 Å². The first kappa shape index (κ1) is 20.8. The molecule has 2 atom stereocenters. The highest BCUT2D eigenvalue weighted by atomic mass is 32.1. The molecule has 0 spiro atoms. The number of carbonyl (C=O) groups excluding carboxylic acids is 2. The minimum atomic E-state index is -0.142. The maximum Gasteiger partial charge on any atom is 0.270 e. The van der Waals surface area contributed by atoms with E-state index in [9.17, 15) is 9.59 Å². The molecule has 0 unspecified atom stereocenters. The zero-order valence-electron chi connectivity index (χ0n) is 17.6. The van der Waals surface area contributed by atoms with Gasteiger partial charge in [0.05, 0.1) is 5.92 Å². The molecule has 0 aromatic carbocycles. The van der Waals surface area contributed by atoms with Crippen molar-refractivity contribution in [2.75, 3.05) is 38.6 Å². The summed E-state index contributed by atoms with van der Waals surface area (Å²) in [6, 6.07) is 5.85. The number of hydrogen-bond donors (Lipinski definition) is 2. The third kappa shape index (κ3) is 4.82. The highest BCUT2D eigenvalue weighted by Gasteiger charge is 2.28. The summed E-state index contributed by atoms with van der Waals surface area (Å²) in [6.07, 6.45) is 2.51. The van der Waals surface area contributed by atoms with Gasteiger partial charge in [0.15, 0.2) is 0 Å². The lowest BCUT2D eigenvalue weighted by molar-refractivity contribution is -0.125. The number of fused-ring (bicyclic) bond motifs is 1. The fraction of sp³-hybridized carbons (Fsp3) is 0.500. The van der Waals surface area contributed by atoms with E-state index in [0.717, 1.165) is 43.7 Å². The zero-order chi connectivity index (χ0) is 21.1. The number of nitrogens with zero attached hydrogens (tertiary/aromatic N) is 3. The summed E-state index contributed by atoms with van der Waals surface area (Å²) in [5.41, 5.74) is 2.78. The van der Waals surface area contributed by atoms with Gasteiger partial charge in [-0.05, 0) is 60.3 Å². The third-order valence-electron chi connectivity index (χ3n) is 5.95. The average Bonchev–Trinajstić information content (AvgIpc) is 3.34. The van der Waals surface area contributed by atoms with E-state index in [0.29, 0.717) is 18.8 Å². The molecule has 2 aromatic heterocycles. The average molecular weight is 428 g/mol. The largest absolute Gasteiger partial charge is 0.359 e. The van der Waals surface area contributed by atoms with E-state index < -0.39 is 0 Å². The normalized spacial score (nSPS) is 21.7. The van der Waals surface area contributed by atoms with E-state index in [1.807, 2.05) is 37.7 Å². The number of likely N-dealkylation sites (N-methyl/N-ethyl adjacent to an activating group) is 2. The summed E-state index contributed by atoms with van der Waals surface area (Å²) >= 11 is 1.63. The van der Waals surface area contributed by atoms with Gasteiger partial charge in [-0.25, -0.2) is 4.98 Å². The van der Waals surface area contributed by atoms with Crippen LogP contribution < -0.4 is 15.5 Å². The number of pyridine rings is 1. The Morgan fingerprint density at radius 2 is 2.07 bits per heavy atom. The molecule has 8 heteroatoms. The van der Waals surface area contributed by atoms with Crippen molar-refractivity contribution in [2.45, 2.75) is 31.8 Å². The van der Waals surface area contributed by atoms with Gasteiger partial charge in [-0.15, -0.1) is 0 Å². The van der Waals surface area contributed by atoms with E-state index in [-0.39, 0.29) is 23.8 Å². The minimum Gasteiger partial charge on any atom is -0.359 e. The number of thiophene rings is 1. The lowest BCUT2D eigenvalue weighted by atomic mass is 10.0.